The molecule has 0 saturated carbocycles. The van der Waals surface area contributed by atoms with Crippen molar-refractivity contribution >= 4 is 22.9 Å². The fourth-order valence-corrected chi connectivity index (χ4v) is 4.96. The molecule has 3 aromatic heterocycles. The molecular weight excluding hydrogens is 472 g/mol. The molecule has 3 aromatic carbocycles. The number of imidazole rings is 1. The van der Waals surface area contributed by atoms with Crippen molar-refractivity contribution < 1.29 is 4.79 Å². The van der Waals surface area contributed by atoms with E-state index in [-0.39, 0.29) is 0 Å². The van der Waals surface area contributed by atoms with E-state index in [1.54, 1.807) is 18.7 Å². The standard InChI is InChI=1S/C31H24N6O/c32-29-22(13-7-15-34-29)27-24(17-20-9-3-1-4-10-20)28(37-19-36-26-14-8-16-35-31(26)37)23(18-25(27)30(33)38)21-11-5-2-6-12-21/h1-16,18-19H,17H2,(H2,32,34)(H2,33,38). The van der Waals surface area contributed by atoms with Crippen LogP contribution in [0.5, 0.6) is 0 Å². The van der Waals surface area contributed by atoms with Gasteiger partial charge in [0.25, 0.3) is 0 Å². The van der Waals surface area contributed by atoms with Crippen LogP contribution in [0.4, 0.5) is 5.82 Å². The normalized spacial score (nSPS) is 11.1. The predicted molar refractivity (Wildman–Crippen MR) is 150 cm³/mol. The Morgan fingerprint density at radius 1 is 0.789 bits per heavy atom. The highest BCUT2D eigenvalue weighted by Crippen LogP contribution is 2.42. The number of pyridine rings is 2. The Morgan fingerprint density at radius 2 is 1.50 bits per heavy atom. The molecular formula is C31H24N6O. The first-order valence-electron chi connectivity index (χ1n) is 12.2. The van der Waals surface area contributed by atoms with E-state index in [2.05, 4.69) is 27.1 Å². The predicted octanol–water partition coefficient (Wildman–Crippen LogP) is 5.42. The number of carbonyl (C=O) groups excluding carboxylic acids is 1. The second kappa shape index (κ2) is 9.63. The van der Waals surface area contributed by atoms with Crippen LogP contribution in [0.3, 0.4) is 0 Å². The van der Waals surface area contributed by atoms with Crippen molar-refractivity contribution in [3.63, 3.8) is 0 Å². The van der Waals surface area contributed by atoms with Crippen LogP contribution >= 0.6 is 0 Å². The molecule has 1 amide bonds. The Labute approximate surface area is 219 Å². The lowest BCUT2D eigenvalue weighted by Gasteiger charge is -2.23. The van der Waals surface area contributed by atoms with E-state index in [1.165, 1.54) is 0 Å². The second-order valence-electron chi connectivity index (χ2n) is 8.96. The van der Waals surface area contributed by atoms with Gasteiger partial charge < -0.3 is 11.5 Å². The summed E-state index contributed by atoms with van der Waals surface area (Å²) < 4.78 is 1.98. The second-order valence-corrected chi connectivity index (χ2v) is 8.96. The summed E-state index contributed by atoms with van der Waals surface area (Å²) in [6, 6.07) is 29.3. The van der Waals surface area contributed by atoms with Gasteiger partial charge in [-0.25, -0.2) is 15.0 Å². The molecule has 0 spiro atoms. The molecule has 38 heavy (non-hydrogen) atoms. The molecule has 0 atom stereocenters. The van der Waals surface area contributed by atoms with Crippen LogP contribution in [-0.2, 0) is 6.42 Å². The van der Waals surface area contributed by atoms with E-state index in [9.17, 15) is 4.79 Å². The van der Waals surface area contributed by atoms with Gasteiger partial charge in [0.2, 0.25) is 5.91 Å². The van der Waals surface area contributed by atoms with Crippen LogP contribution in [-0.4, -0.2) is 25.4 Å². The van der Waals surface area contributed by atoms with Gasteiger partial charge in [0.1, 0.15) is 17.7 Å². The third-order valence-electron chi connectivity index (χ3n) is 6.63. The number of hydrogen-bond donors (Lipinski definition) is 2. The van der Waals surface area contributed by atoms with E-state index >= 15 is 0 Å². The lowest BCUT2D eigenvalue weighted by Crippen LogP contribution is -2.17. The number of primary amides is 1. The van der Waals surface area contributed by atoms with Crippen LogP contribution in [0.15, 0.2) is 110 Å². The van der Waals surface area contributed by atoms with Gasteiger partial charge in [-0.05, 0) is 47.0 Å². The van der Waals surface area contributed by atoms with Crippen LogP contribution < -0.4 is 11.5 Å². The molecule has 6 aromatic rings. The minimum absolute atomic E-state index is 0.316. The lowest BCUT2D eigenvalue weighted by atomic mass is 9.85. The number of anilines is 1. The van der Waals surface area contributed by atoms with E-state index in [0.717, 1.165) is 33.5 Å². The Balaban J connectivity index is 1.81. The number of nitrogens with zero attached hydrogens (tertiary/aromatic N) is 4. The molecule has 0 bridgehead atoms. The van der Waals surface area contributed by atoms with Crippen LogP contribution in [0.2, 0.25) is 0 Å². The summed E-state index contributed by atoms with van der Waals surface area (Å²) in [5.74, 6) is -0.230. The molecule has 0 radical (unpaired) electrons. The summed E-state index contributed by atoms with van der Waals surface area (Å²) in [5.41, 5.74) is 20.1. The zero-order chi connectivity index (χ0) is 26.1. The fraction of sp³-hybridized carbons (Fsp3) is 0.0323. The van der Waals surface area contributed by atoms with Crippen molar-refractivity contribution in [3.05, 3.63) is 126 Å². The number of fused-ring (bicyclic) bond motifs is 1. The minimum atomic E-state index is -0.546. The number of nitrogen functional groups attached to an aromatic ring is 1. The number of benzene rings is 3. The van der Waals surface area contributed by atoms with Crippen molar-refractivity contribution in [2.24, 2.45) is 5.73 Å². The highest BCUT2D eigenvalue weighted by molar-refractivity contribution is 6.05. The maximum Gasteiger partial charge on any atom is 0.249 e. The first-order valence-corrected chi connectivity index (χ1v) is 12.2. The van der Waals surface area contributed by atoms with Gasteiger partial charge >= 0.3 is 0 Å². The molecule has 4 N–H and O–H groups in total. The van der Waals surface area contributed by atoms with Crippen molar-refractivity contribution in [1.29, 1.82) is 0 Å². The molecule has 0 fully saturated rings. The maximum absolute atomic E-state index is 13.0. The highest BCUT2D eigenvalue weighted by Gasteiger charge is 2.26. The average Bonchev–Trinajstić information content (AvgIpc) is 3.38. The Hall–Kier alpha value is -5.30. The van der Waals surface area contributed by atoms with E-state index in [0.29, 0.717) is 34.6 Å². The van der Waals surface area contributed by atoms with Gasteiger partial charge in [0.15, 0.2) is 5.65 Å². The van der Waals surface area contributed by atoms with E-state index in [1.807, 2.05) is 83.4 Å². The van der Waals surface area contributed by atoms with E-state index in [4.69, 9.17) is 11.5 Å². The van der Waals surface area contributed by atoms with Gasteiger partial charge in [-0.2, -0.15) is 0 Å². The van der Waals surface area contributed by atoms with E-state index < -0.39 is 5.91 Å². The van der Waals surface area contributed by atoms with Crippen molar-refractivity contribution in [2.45, 2.75) is 6.42 Å². The zero-order valence-electron chi connectivity index (χ0n) is 20.5. The Bertz CT molecular complexity index is 1780. The fourth-order valence-electron chi connectivity index (χ4n) is 4.96. The summed E-state index contributed by atoms with van der Waals surface area (Å²) in [6.45, 7) is 0. The van der Waals surface area contributed by atoms with Gasteiger partial charge in [-0.1, -0.05) is 60.7 Å². The molecule has 0 saturated heterocycles. The summed E-state index contributed by atoms with van der Waals surface area (Å²) in [5, 5.41) is 0. The third-order valence-corrected chi connectivity index (χ3v) is 6.63. The van der Waals surface area contributed by atoms with Crippen LogP contribution in [0.25, 0.3) is 39.1 Å². The summed E-state index contributed by atoms with van der Waals surface area (Å²) >= 11 is 0. The number of aromatic nitrogens is 4. The minimum Gasteiger partial charge on any atom is -0.383 e. The SMILES string of the molecule is NC(=O)c1cc(-c2ccccc2)c(-n2cnc3cccnc32)c(Cc2ccccc2)c1-c1cccnc1N. The molecule has 0 aliphatic heterocycles. The van der Waals surface area contributed by atoms with Crippen LogP contribution in [0.1, 0.15) is 21.5 Å². The van der Waals surface area contributed by atoms with Crippen molar-refractivity contribution in [1.82, 2.24) is 19.5 Å². The number of amides is 1. The number of carbonyl (C=O) groups is 1. The molecule has 0 aliphatic rings. The first-order chi connectivity index (χ1) is 18.6. The largest absolute Gasteiger partial charge is 0.383 e. The zero-order valence-corrected chi connectivity index (χ0v) is 20.5. The number of hydrogen-bond acceptors (Lipinski definition) is 5. The van der Waals surface area contributed by atoms with Gasteiger partial charge in [-0.15, -0.1) is 0 Å². The summed E-state index contributed by atoms with van der Waals surface area (Å²) in [7, 11) is 0. The molecule has 0 aliphatic carbocycles. The molecule has 3 heterocycles. The quantitative estimate of drug-likeness (QED) is 0.320. The maximum atomic E-state index is 13.0. The van der Waals surface area contributed by atoms with Gasteiger partial charge in [0, 0.05) is 41.1 Å². The number of nitrogens with two attached hydrogens (primary N) is 2. The van der Waals surface area contributed by atoms with Crippen LogP contribution in [0, 0.1) is 0 Å². The molecule has 0 unspecified atom stereocenters. The van der Waals surface area contributed by atoms with Crippen molar-refractivity contribution in [3.8, 4) is 27.9 Å². The number of rotatable bonds is 6. The summed E-state index contributed by atoms with van der Waals surface area (Å²) in [4.78, 5) is 26.6. The third kappa shape index (κ3) is 4.06. The highest BCUT2D eigenvalue weighted by atomic mass is 16.1. The monoisotopic (exact) mass is 496 g/mol. The smallest absolute Gasteiger partial charge is 0.249 e. The molecule has 7 heteroatoms. The molecule has 6 rings (SSSR count). The van der Waals surface area contributed by atoms with Gasteiger partial charge in [-0.3, -0.25) is 9.36 Å². The average molecular weight is 497 g/mol. The topological polar surface area (TPSA) is 113 Å². The molecule has 184 valence electrons. The Kier molecular flexibility index (Phi) is 5.86. The van der Waals surface area contributed by atoms with Gasteiger partial charge in [0.05, 0.1) is 5.69 Å². The lowest BCUT2D eigenvalue weighted by molar-refractivity contribution is 0.100. The summed E-state index contributed by atoms with van der Waals surface area (Å²) in [6.07, 6.45) is 5.66. The first kappa shape index (κ1) is 23.1. The Morgan fingerprint density at radius 3 is 2.24 bits per heavy atom. The van der Waals surface area contributed by atoms with Crippen molar-refractivity contribution in [2.75, 3.05) is 5.73 Å². The molecule has 7 nitrogen and oxygen atoms in total.